The Balaban J connectivity index is 1.74. The third-order valence-corrected chi connectivity index (χ3v) is 4.14. The van der Waals surface area contributed by atoms with Crippen molar-refractivity contribution < 1.29 is 0 Å². The molecule has 3 rings (SSSR count). The highest BCUT2D eigenvalue weighted by molar-refractivity contribution is 7.99. The summed E-state index contributed by atoms with van der Waals surface area (Å²) in [4.78, 5) is 15.4. The lowest BCUT2D eigenvalue weighted by Crippen LogP contribution is -2.15. The molecule has 0 aromatic carbocycles. The van der Waals surface area contributed by atoms with E-state index in [1.165, 1.54) is 28.7 Å². The fourth-order valence-electron chi connectivity index (χ4n) is 1.90. The van der Waals surface area contributed by atoms with Crippen molar-refractivity contribution in [2.75, 3.05) is 23.4 Å². The maximum absolute atomic E-state index is 11.2. The molecule has 0 amide bonds. The number of aromatic nitrogens is 4. The van der Waals surface area contributed by atoms with Gasteiger partial charge in [-0.3, -0.25) is 0 Å². The molecule has 17 heavy (non-hydrogen) atoms. The average molecular weight is 251 g/mol. The normalized spacial score (nSPS) is 19.9. The van der Waals surface area contributed by atoms with Gasteiger partial charge in [0.2, 0.25) is 0 Å². The van der Waals surface area contributed by atoms with Gasteiger partial charge in [0.25, 0.3) is 0 Å². The number of aromatic amines is 1. The summed E-state index contributed by atoms with van der Waals surface area (Å²) in [6.07, 6.45) is 2.76. The van der Waals surface area contributed by atoms with Crippen molar-refractivity contribution in [1.82, 2.24) is 19.6 Å². The van der Waals surface area contributed by atoms with Crippen LogP contribution >= 0.6 is 11.8 Å². The summed E-state index contributed by atoms with van der Waals surface area (Å²) in [7, 11) is 0. The van der Waals surface area contributed by atoms with Crippen LogP contribution in [0.2, 0.25) is 0 Å². The van der Waals surface area contributed by atoms with Gasteiger partial charge in [-0.25, -0.2) is 19.3 Å². The summed E-state index contributed by atoms with van der Waals surface area (Å²) in [5.41, 5.74) is 0.333. The van der Waals surface area contributed by atoms with Crippen LogP contribution in [0.1, 0.15) is 6.42 Å². The Morgan fingerprint density at radius 2 is 2.59 bits per heavy atom. The van der Waals surface area contributed by atoms with E-state index in [2.05, 4.69) is 20.5 Å². The van der Waals surface area contributed by atoms with Crippen molar-refractivity contribution in [3.05, 3.63) is 22.9 Å². The summed E-state index contributed by atoms with van der Waals surface area (Å²) < 4.78 is 1.39. The molecule has 0 bridgehead atoms. The summed E-state index contributed by atoms with van der Waals surface area (Å²) >= 11 is 2.00. The Labute approximate surface area is 102 Å². The van der Waals surface area contributed by atoms with Gasteiger partial charge in [0.15, 0.2) is 5.65 Å². The lowest BCUT2D eigenvalue weighted by molar-refractivity contribution is 0.630. The quantitative estimate of drug-likeness (QED) is 0.834. The van der Waals surface area contributed by atoms with Gasteiger partial charge >= 0.3 is 5.69 Å². The second-order valence-corrected chi connectivity index (χ2v) is 5.29. The molecule has 3 heterocycles. The smallest absolute Gasteiger partial charge is 0.348 e. The minimum Gasteiger partial charge on any atom is -0.370 e. The SMILES string of the molecule is O=c1[nH]nc2cc(NCC3CCSC3)ncn12. The monoisotopic (exact) mass is 251 g/mol. The number of rotatable bonds is 3. The first-order valence-corrected chi connectivity index (χ1v) is 6.73. The summed E-state index contributed by atoms with van der Waals surface area (Å²) in [5, 5.41) is 9.58. The minimum atomic E-state index is -0.258. The molecular weight excluding hydrogens is 238 g/mol. The molecule has 0 radical (unpaired) electrons. The predicted molar refractivity (Wildman–Crippen MR) is 67.5 cm³/mol. The van der Waals surface area contributed by atoms with Crippen LogP contribution in [-0.4, -0.2) is 37.6 Å². The lowest BCUT2D eigenvalue weighted by Gasteiger charge is -2.09. The van der Waals surface area contributed by atoms with Crippen LogP contribution in [0.15, 0.2) is 17.2 Å². The van der Waals surface area contributed by atoms with Gasteiger partial charge in [-0.05, 0) is 23.8 Å². The molecule has 90 valence electrons. The minimum absolute atomic E-state index is 0.258. The predicted octanol–water partition coefficient (Wildman–Crippen LogP) is 0.583. The Bertz CT molecular complexity index is 571. The number of fused-ring (bicyclic) bond motifs is 1. The van der Waals surface area contributed by atoms with Crippen LogP contribution in [0.3, 0.4) is 0 Å². The number of thioether (sulfide) groups is 1. The highest BCUT2D eigenvalue weighted by Gasteiger charge is 2.15. The Kier molecular flexibility index (Phi) is 2.76. The van der Waals surface area contributed by atoms with Gasteiger partial charge in [0.1, 0.15) is 12.1 Å². The molecule has 0 spiro atoms. The molecule has 0 saturated carbocycles. The van der Waals surface area contributed by atoms with E-state index in [0.29, 0.717) is 5.65 Å². The maximum Gasteiger partial charge on any atom is 0.348 e. The number of nitrogens with one attached hydrogen (secondary N) is 2. The van der Waals surface area contributed by atoms with E-state index >= 15 is 0 Å². The molecule has 1 unspecified atom stereocenters. The van der Waals surface area contributed by atoms with Gasteiger partial charge in [-0.15, -0.1) is 0 Å². The van der Waals surface area contributed by atoms with Crippen LogP contribution in [0.5, 0.6) is 0 Å². The summed E-state index contributed by atoms with van der Waals surface area (Å²) in [6, 6.07) is 1.78. The largest absolute Gasteiger partial charge is 0.370 e. The number of anilines is 1. The fraction of sp³-hybridized carbons (Fsp3) is 0.500. The van der Waals surface area contributed by atoms with Crippen molar-refractivity contribution in [2.45, 2.75) is 6.42 Å². The fourth-order valence-corrected chi connectivity index (χ4v) is 3.18. The zero-order valence-electron chi connectivity index (χ0n) is 9.22. The Morgan fingerprint density at radius 1 is 1.65 bits per heavy atom. The van der Waals surface area contributed by atoms with E-state index < -0.39 is 0 Å². The summed E-state index contributed by atoms with van der Waals surface area (Å²) in [6.45, 7) is 0.935. The van der Waals surface area contributed by atoms with Gasteiger partial charge < -0.3 is 5.32 Å². The van der Waals surface area contributed by atoms with Crippen LogP contribution < -0.4 is 11.0 Å². The van der Waals surface area contributed by atoms with E-state index in [1.807, 2.05) is 11.8 Å². The molecule has 1 saturated heterocycles. The molecule has 6 nitrogen and oxygen atoms in total. The molecule has 1 atom stereocenters. The first-order chi connectivity index (χ1) is 8.33. The number of hydrogen-bond donors (Lipinski definition) is 2. The summed E-state index contributed by atoms with van der Waals surface area (Å²) in [5.74, 6) is 3.97. The number of nitrogens with zero attached hydrogens (tertiary/aromatic N) is 3. The molecule has 0 aliphatic carbocycles. The van der Waals surface area contributed by atoms with Crippen LogP contribution in [0.25, 0.3) is 5.65 Å². The van der Waals surface area contributed by atoms with E-state index in [0.717, 1.165) is 18.3 Å². The lowest BCUT2D eigenvalue weighted by atomic mass is 10.1. The zero-order valence-corrected chi connectivity index (χ0v) is 10.0. The molecule has 2 aromatic heterocycles. The van der Waals surface area contributed by atoms with Gasteiger partial charge in [-0.2, -0.15) is 16.9 Å². The molecule has 1 fully saturated rings. The average Bonchev–Trinajstić information content (AvgIpc) is 2.97. The van der Waals surface area contributed by atoms with E-state index in [-0.39, 0.29) is 5.69 Å². The van der Waals surface area contributed by atoms with Crippen LogP contribution in [0.4, 0.5) is 5.82 Å². The molecule has 2 aromatic rings. The van der Waals surface area contributed by atoms with Gasteiger partial charge in [-0.1, -0.05) is 0 Å². The first-order valence-electron chi connectivity index (χ1n) is 5.57. The third-order valence-electron chi connectivity index (χ3n) is 2.91. The highest BCUT2D eigenvalue weighted by Crippen LogP contribution is 2.23. The number of hydrogen-bond acceptors (Lipinski definition) is 5. The van der Waals surface area contributed by atoms with Gasteiger partial charge in [0.05, 0.1) is 0 Å². The Hall–Kier alpha value is -1.50. The second-order valence-electron chi connectivity index (χ2n) is 4.14. The third kappa shape index (κ3) is 2.14. The molecular formula is C10H13N5OS. The first kappa shape index (κ1) is 10.6. The maximum atomic E-state index is 11.2. The van der Waals surface area contributed by atoms with Crippen LogP contribution in [0, 0.1) is 5.92 Å². The van der Waals surface area contributed by atoms with Crippen LogP contribution in [-0.2, 0) is 0 Å². The standard InChI is InChI=1S/C10H13N5OS/c16-10-14-13-9-3-8(12-6-15(9)10)11-4-7-1-2-17-5-7/h3,6-7,11H,1-2,4-5H2,(H,14,16). The van der Waals surface area contributed by atoms with Crippen molar-refractivity contribution >= 4 is 23.2 Å². The topological polar surface area (TPSA) is 75.1 Å². The zero-order chi connectivity index (χ0) is 11.7. The molecule has 1 aliphatic rings. The molecule has 1 aliphatic heterocycles. The number of H-pyrrole nitrogens is 1. The van der Waals surface area contributed by atoms with Crippen molar-refractivity contribution in [2.24, 2.45) is 5.92 Å². The van der Waals surface area contributed by atoms with Gasteiger partial charge in [0, 0.05) is 12.6 Å². The van der Waals surface area contributed by atoms with E-state index in [4.69, 9.17) is 0 Å². The van der Waals surface area contributed by atoms with Crippen molar-refractivity contribution in [1.29, 1.82) is 0 Å². The highest BCUT2D eigenvalue weighted by atomic mass is 32.2. The Morgan fingerprint density at radius 3 is 3.41 bits per heavy atom. The van der Waals surface area contributed by atoms with E-state index in [1.54, 1.807) is 6.07 Å². The second kappa shape index (κ2) is 4.40. The van der Waals surface area contributed by atoms with E-state index in [9.17, 15) is 4.79 Å². The van der Waals surface area contributed by atoms with Crippen molar-refractivity contribution in [3.8, 4) is 0 Å². The van der Waals surface area contributed by atoms with Crippen molar-refractivity contribution in [3.63, 3.8) is 0 Å². The molecule has 7 heteroatoms. The molecule has 2 N–H and O–H groups in total.